The van der Waals surface area contributed by atoms with Gasteiger partial charge in [-0.05, 0) is 13.0 Å². The van der Waals surface area contributed by atoms with Crippen molar-refractivity contribution in [2.24, 2.45) is 0 Å². The molecule has 1 aromatic rings. The summed E-state index contributed by atoms with van der Waals surface area (Å²) >= 11 is 0.893. The number of thioether (sulfide) groups is 1. The normalized spacial score (nSPS) is 9.24. The molecule has 0 atom stereocenters. The molecule has 0 aliphatic rings. The van der Waals surface area contributed by atoms with Gasteiger partial charge in [0, 0.05) is 6.07 Å². The van der Waals surface area contributed by atoms with Crippen molar-refractivity contribution in [2.75, 3.05) is 0 Å². The van der Waals surface area contributed by atoms with Gasteiger partial charge in [0.05, 0.1) is 25.9 Å². The van der Waals surface area contributed by atoms with Gasteiger partial charge in [-0.15, -0.1) is 12.4 Å². The highest BCUT2D eigenvalue weighted by atomic mass is 35.5. The molecule has 0 aliphatic heterocycles. The van der Waals surface area contributed by atoms with E-state index in [9.17, 15) is 20.2 Å². The van der Waals surface area contributed by atoms with Crippen LogP contribution in [-0.2, 0) is 0 Å². The summed E-state index contributed by atoms with van der Waals surface area (Å²) in [6.07, 6.45) is 0. The molecule has 0 heterocycles. The molecule has 0 spiro atoms. The first-order valence-corrected chi connectivity index (χ1v) is 4.89. The second-order valence-electron chi connectivity index (χ2n) is 2.82. The standard InChI is InChI=1S/C8H7N3O4S.ClH/c1-5(9)16-8-3-2-6(10(12)13)4-7(8)11(14)15;/h2-4,9H,1H3;1H. The fourth-order valence-corrected chi connectivity index (χ4v) is 1.72. The lowest BCUT2D eigenvalue weighted by Gasteiger charge is -2.00. The molecule has 0 unspecified atom stereocenters. The highest BCUT2D eigenvalue weighted by Crippen LogP contribution is 2.32. The van der Waals surface area contributed by atoms with Gasteiger partial charge >= 0.3 is 0 Å². The van der Waals surface area contributed by atoms with Gasteiger partial charge in [-0.3, -0.25) is 25.6 Å². The lowest BCUT2D eigenvalue weighted by Crippen LogP contribution is -1.95. The molecule has 0 aliphatic carbocycles. The fraction of sp³-hybridized carbons (Fsp3) is 0.125. The van der Waals surface area contributed by atoms with E-state index >= 15 is 0 Å². The number of nitro benzene ring substituents is 2. The first-order chi connectivity index (χ1) is 7.41. The summed E-state index contributed by atoms with van der Waals surface area (Å²) in [6.45, 7) is 1.48. The lowest BCUT2D eigenvalue weighted by molar-refractivity contribution is -0.396. The van der Waals surface area contributed by atoms with E-state index in [1.165, 1.54) is 19.1 Å². The summed E-state index contributed by atoms with van der Waals surface area (Å²) in [5, 5.41) is 28.5. The van der Waals surface area contributed by atoms with Crippen molar-refractivity contribution < 1.29 is 9.85 Å². The van der Waals surface area contributed by atoms with Gasteiger partial charge in [-0.2, -0.15) is 0 Å². The summed E-state index contributed by atoms with van der Waals surface area (Å²) < 4.78 is 0. The molecule has 0 amide bonds. The number of nitrogens with zero attached hydrogens (tertiary/aromatic N) is 2. The number of non-ortho nitro benzene ring substituents is 1. The second kappa shape index (κ2) is 6.16. The van der Waals surface area contributed by atoms with E-state index in [1.807, 2.05) is 0 Å². The molecule has 1 rings (SSSR count). The molecule has 1 N–H and O–H groups in total. The van der Waals surface area contributed by atoms with Crippen molar-refractivity contribution in [2.45, 2.75) is 11.8 Å². The van der Waals surface area contributed by atoms with Crippen LogP contribution in [0.2, 0.25) is 0 Å². The minimum absolute atomic E-state index is 0. The van der Waals surface area contributed by atoms with Crippen LogP contribution in [-0.4, -0.2) is 14.9 Å². The number of rotatable bonds is 3. The van der Waals surface area contributed by atoms with Crippen LogP contribution in [0.3, 0.4) is 0 Å². The van der Waals surface area contributed by atoms with Crippen LogP contribution in [0.15, 0.2) is 23.1 Å². The molecular weight excluding hydrogens is 270 g/mol. The van der Waals surface area contributed by atoms with Gasteiger partial charge in [0.2, 0.25) is 0 Å². The van der Waals surface area contributed by atoms with Gasteiger partial charge < -0.3 is 0 Å². The lowest BCUT2D eigenvalue weighted by atomic mass is 10.3. The molecule has 0 fully saturated rings. The van der Waals surface area contributed by atoms with Crippen molar-refractivity contribution in [3.8, 4) is 0 Å². The Kier molecular flexibility index (Phi) is 5.56. The number of hydrogen-bond donors (Lipinski definition) is 1. The second-order valence-corrected chi connectivity index (χ2v) is 4.08. The van der Waals surface area contributed by atoms with Crippen LogP contribution in [0.25, 0.3) is 0 Å². The van der Waals surface area contributed by atoms with E-state index in [0.717, 1.165) is 17.8 Å². The summed E-state index contributed by atoms with van der Waals surface area (Å²) in [4.78, 5) is 20.0. The van der Waals surface area contributed by atoms with Crippen molar-refractivity contribution in [1.29, 1.82) is 5.41 Å². The van der Waals surface area contributed by atoms with E-state index < -0.39 is 9.85 Å². The molecule has 0 aromatic heterocycles. The van der Waals surface area contributed by atoms with Gasteiger partial charge in [0.1, 0.15) is 0 Å². The van der Waals surface area contributed by atoms with Gasteiger partial charge in [0.25, 0.3) is 11.4 Å². The first-order valence-electron chi connectivity index (χ1n) is 4.07. The summed E-state index contributed by atoms with van der Waals surface area (Å²) in [5.41, 5.74) is -0.690. The van der Waals surface area contributed by atoms with E-state index in [0.29, 0.717) is 0 Å². The molecule has 7 nitrogen and oxygen atoms in total. The number of benzene rings is 1. The highest BCUT2D eigenvalue weighted by Gasteiger charge is 2.19. The molecule has 0 saturated carbocycles. The van der Waals surface area contributed by atoms with Gasteiger partial charge in [-0.1, -0.05) is 11.8 Å². The monoisotopic (exact) mass is 277 g/mol. The van der Waals surface area contributed by atoms with E-state index in [2.05, 4.69) is 0 Å². The van der Waals surface area contributed by atoms with Crippen LogP contribution in [0, 0.1) is 25.6 Å². The fourth-order valence-electron chi connectivity index (χ4n) is 1.01. The first kappa shape index (κ1) is 15.3. The van der Waals surface area contributed by atoms with Crippen LogP contribution in [0.4, 0.5) is 11.4 Å². The Balaban J connectivity index is 0.00000256. The summed E-state index contributed by atoms with van der Waals surface area (Å²) in [7, 11) is 0. The van der Waals surface area contributed by atoms with E-state index in [1.54, 1.807) is 0 Å². The Morgan fingerprint density at radius 2 is 1.88 bits per heavy atom. The topological polar surface area (TPSA) is 110 Å². The zero-order valence-corrected chi connectivity index (χ0v) is 10.2. The average molecular weight is 278 g/mol. The Morgan fingerprint density at radius 3 is 2.29 bits per heavy atom. The molecular formula is C8H8ClN3O4S. The van der Waals surface area contributed by atoms with Crippen molar-refractivity contribution in [1.82, 2.24) is 0 Å². The smallest absolute Gasteiger partial charge is 0.290 e. The maximum absolute atomic E-state index is 10.7. The Bertz CT molecular complexity index is 480. The number of nitrogens with one attached hydrogen (secondary N) is 1. The largest absolute Gasteiger partial charge is 0.298 e. The number of nitro groups is 2. The average Bonchev–Trinajstić information content (AvgIpc) is 2.16. The maximum atomic E-state index is 10.7. The molecule has 17 heavy (non-hydrogen) atoms. The Labute approximate surface area is 106 Å². The SMILES string of the molecule is CC(=N)Sc1ccc([N+](=O)[O-])cc1[N+](=O)[O-].Cl. The summed E-state index contributed by atoms with van der Waals surface area (Å²) in [5.74, 6) is 0. The van der Waals surface area contributed by atoms with Crippen molar-refractivity contribution in [3.63, 3.8) is 0 Å². The van der Waals surface area contributed by atoms with Gasteiger partial charge in [0.15, 0.2) is 0 Å². The third-order valence-electron chi connectivity index (χ3n) is 1.61. The predicted molar refractivity (Wildman–Crippen MR) is 66.3 cm³/mol. The van der Waals surface area contributed by atoms with E-state index in [-0.39, 0.29) is 33.7 Å². The third-order valence-corrected chi connectivity index (χ3v) is 2.48. The molecule has 92 valence electrons. The quantitative estimate of drug-likeness (QED) is 0.300. The number of hydrogen-bond acceptors (Lipinski definition) is 6. The van der Waals surface area contributed by atoms with Crippen LogP contribution in [0.1, 0.15) is 6.92 Å². The third kappa shape index (κ3) is 4.00. The predicted octanol–water partition coefficient (Wildman–Crippen LogP) is 3.01. The summed E-state index contributed by atoms with van der Waals surface area (Å²) in [6, 6.07) is 3.35. The highest BCUT2D eigenvalue weighted by molar-refractivity contribution is 8.13. The van der Waals surface area contributed by atoms with Crippen LogP contribution in [0.5, 0.6) is 0 Å². The molecule has 0 bridgehead atoms. The van der Waals surface area contributed by atoms with Crippen LogP contribution >= 0.6 is 24.2 Å². The minimum atomic E-state index is -0.696. The van der Waals surface area contributed by atoms with E-state index in [4.69, 9.17) is 5.41 Å². The Morgan fingerprint density at radius 1 is 1.29 bits per heavy atom. The minimum Gasteiger partial charge on any atom is -0.298 e. The molecule has 0 saturated heterocycles. The van der Waals surface area contributed by atoms with Crippen molar-refractivity contribution >= 4 is 40.6 Å². The van der Waals surface area contributed by atoms with Gasteiger partial charge in [-0.25, -0.2) is 0 Å². The molecule has 0 radical (unpaired) electrons. The van der Waals surface area contributed by atoms with Crippen LogP contribution < -0.4 is 0 Å². The number of halogens is 1. The zero-order valence-electron chi connectivity index (χ0n) is 8.58. The molecule has 1 aromatic carbocycles. The molecule has 9 heteroatoms. The maximum Gasteiger partial charge on any atom is 0.290 e. The van der Waals surface area contributed by atoms with Crippen molar-refractivity contribution in [3.05, 3.63) is 38.4 Å². The Hall–Kier alpha value is -1.67. The zero-order chi connectivity index (χ0) is 12.3.